The number of rotatable bonds is 3. The summed E-state index contributed by atoms with van der Waals surface area (Å²) in [4.78, 5) is 0. The highest BCUT2D eigenvalue weighted by molar-refractivity contribution is 9.10. The smallest absolute Gasteiger partial charge is 0.199 e. The Labute approximate surface area is 135 Å². The molecular weight excluding hydrogens is 352 g/mol. The normalized spacial score (nSPS) is 10.5. The average molecular weight is 362 g/mol. The fourth-order valence-corrected chi connectivity index (χ4v) is 2.92. The molecule has 0 bridgehead atoms. The number of nitrogens with zero attached hydrogens (tertiary/aromatic N) is 1. The second-order valence-electron chi connectivity index (χ2n) is 4.51. The van der Waals surface area contributed by atoms with E-state index in [-0.39, 0.29) is 0 Å². The van der Waals surface area contributed by atoms with Crippen LogP contribution in [0.2, 0.25) is 5.22 Å². The van der Waals surface area contributed by atoms with E-state index >= 15 is 0 Å². The third-order valence-electron chi connectivity index (χ3n) is 3.20. The molecule has 0 fully saturated rings. The third kappa shape index (κ3) is 2.76. The van der Waals surface area contributed by atoms with Crippen LogP contribution in [-0.2, 0) is 6.54 Å². The first kappa shape index (κ1) is 14.0. The van der Waals surface area contributed by atoms with Gasteiger partial charge in [0, 0.05) is 27.7 Å². The maximum absolute atomic E-state index is 8.87. The third-order valence-corrected chi connectivity index (χ3v) is 4.16. The Bertz CT molecular complexity index is 851. The first-order valence-corrected chi connectivity index (χ1v) is 7.45. The fourth-order valence-electron chi connectivity index (χ4n) is 2.15. The molecule has 0 amide bonds. The Morgan fingerprint density at radius 3 is 2.81 bits per heavy atom. The largest absolute Gasteiger partial charge is 0.444 e. The van der Waals surface area contributed by atoms with E-state index in [2.05, 4.69) is 27.3 Å². The molecule has 2 aromatic carbocycles. The molecule has 0 aliphatic heterocycles. The Hall–Kier alpha value is -1.96. The van der Waals surface area contributed by atoms with Crippen LogP contribution < -0.4 is 5.32 Å². The van der Waals surface area contributed by atoms with Gasteiger partial charge in [-0.15, -0.1) is 0 Å². The van der Waals surface area contributed by atoms with Crippen molar-refractivity contribution in [3.63, 3.8) is 0 Å². The molecule has 0 unspecified atom stereocenters. The summed E-state index contributed by atoms with van der Waals surface area (Å²) in [6, 6.07) is 15.2. The van der Waals surface area contributed by atoms with Crippen LogP contribution in [-0.4, -0.2) is 0 Å². The molecule has 0 aliphatic carbocycles. The number of para-hydroxylation sites is 1. The molecule has 1 heterocycles. The van der Waals surface area contributed by atoms with Crippen molar-refractivity contribution in [3.8, 4) is 6.07 Å². The molecule has 3 aromatic rings. The molecule has 0 atom stereocenters. The van der Waals surface area contributed by atoms with E-state index in [1.54, 1.807) is 12.1 Å². The summed E-state index contributed by atoms with van der Waals surface area (Å²) in [6.07, 6.45) is 0. The number of nitriles is 1. The Morgan fingerprint density at radius 2 is 2.05 bits per heavy atom. The Balaban J connectivity index is 1.87. The first-order chi connectivity index (χ1) is 10.2. The summed E-state index contributed by atoms with van der Waals surface area (Å²) < 4.78 is 6.36. The van der Waals surface area contributed by atoms with Gasteiger partial charge in [-0.3, -0.25) is 0 Å². The van der Waals surface area contributed by atoms with Gasteiger partial charge in [0.15, 0.2) is 5.22 Å². The van der Waals surface area contributed by atoms with Crippen LogP contribution in [0.25, 0.3) is 11.0 Å². The van der Waals surface area contributed by atoms with E-state index in [1.807, 2.05) is 30.3 Å². The maximum Gasteiger partial charge on any atom is 0.199 e. The van der Waals surface area contributed by atoms with E-state index in [9.17, 15) is 0 Å². The van der Waals surface area contributed by atoms with Crippen LogP contribution in [0.3, 0.4) is 0 Å². The fraction of sp³-hybridized carbons (Fsp3) is 0.0625. The Morgan fingerprint density at radius 1 is 1.24 bits per heavy atom. The maximum atomic E-state index is 8.87. The van der Waals surface area contributed by atoms with Gasteiger partial charge < -0.3 is 9.73 Å². The molecule has 3 nitrogen and oxygen atoms in total. The number of halogens is 2. The predicted octanol–water partition coefficient (Wildman–Crippen LogP) is 5.33. The number of benzene rings is 2. The number of nitrogens with one attached hydrogen (secondary N) is 1. The first-order valence-electron chi connectivity index (χ1n) is 6.28. The predicted molar refractivity (Wildman–Crippen MR) is 87.4 cm³/mol. The average Bonchev–Trinajstić information content (AvgIpc) is 2.81. The van der Waals surface area contributed by atoms with Gasteiger partial charge in [-0.1, -0.05) is 18.2 Å². The summed E-state index contributed by atoms with van der Waals surface area (Å²) in [5.41, 5.74) is 3.20. The van der Waals surface area contributed by atoms with Crippen LogP contribution in [0.4, 0.5) is 5.69 Å². The van der Waals surface area contributed by atoms with Crippen molar-refractivity contribution < 1.29 is 4.42 Å². The second-order valence-corrected chi connectivity index (χ2v) is 5.71. The SMILES string of the molecule is N#Cc1ccc(NCc2c(Cl)oc3ccccc23)c(Br)c1. The minimum Gasteiger partial charge on any atom is -0.444 e. The topological polar surface area (TPSA) is 49.0 Å². The van der Waals surface area contributed by atoms with Crippen molar-refractivity contribution in [2.24, 2.45) is 0 Å². The number of furan rings is 1. The van der Waals surface area contributed by atoms with Gasteiger partial charge in [-0.05, 0) is 51.8 Å². The molecule has 0 saturated heterocycles. The lowest BCUT2D eigenvalue weighted by Gasteiger charge is -2.08. The van der Waals surface area contributed by atoms with Crippen LogP contribution in [0.15, 0.2) is 51.4 Å². The van der Waals surface area contributed by atoms with Crippen molar-refractivity contribution in [2.45, 2.75) is 6.54 Å². The van der Waals surface area contributed by atoms with E-state index in [1.165, 1.54) is 0 Å². The number of fused-ring (bicyclic) bond motifs is 1. The standard InChI is InChI=1S/C16H10BrClN2O/c17-13-7-10(8-19)5-6-14(13)20-9-12-11-3-1-2-4-15(11)21-16(12)18/h1-7,20H,9H2. The molecule has 0 aliphatic rings. The highest BCUT2D eigenvalue weighted by Crippen LogP contribution is 2.31. The molecule has 5 heteroatoms. The highest BCUT2D eigenvalue weighted by Gasteiger charge is 2.12. The van der Waals surface area contributed by atoms with Gasteiger partial charge in [-0.2, -0.15) is 5.26 Å². The Kier molecular flexibility index (Phi) is 3.87. The van der Waals surface area contributed by atoms with E-state index in [0.29, 0.717) is 17.3 Å². The monoisotopic (exact) mass is 360 g/mol. The van der Waals surface area contributed by atoms with Gasteiger partial charge in [0.1, 0.15) is 5.58 Å². The van der Waals surface area contributed by atoms with Crippen LogP contribution in [0.1, 0.15) is 11.1 Å². The van der Waals surface area contributed by atoms with Gasteiger partial charge in [-0.25, -0.2) is 0 Å². The van der Waals surface area contributed by atoms with Crippen LogP contribution >= 0.6 is 27.5 Å². The van der Waals surface area contributed by atoms with Crippen molar-refractivity contribution in [3.05, 3.63) is 63.3 Å². The molecule has 21 heavy (non-hydrogen) atoms. The lowest BCUT2D eigenvalue weighted by molar-refractivity contribution is 0.613. The number of hydrogen-bond acceptors (Lipinski definition) is 3. The van der Waals surface area contributed by atoms with Crippen molar-refractivity contribution >= 4 is 44.2 Å². The van der Waals surface area contributed by atoms with Crippen LogP contribution in [0.5, 0.6) is 0 Å². The van der Waals surface area contributed by atoms with Gasteiger partial charge in [0.2, 0.25) is 0 Å². The highest BCUT2D eigenvalue weighted by atomic mass is 79.9. The summed E-state index contributed by atoms with van der Waals surface area (Å²) >= 11 is 9.61. The molecule has 0 spiro atoms. The molecule has 1 N–H and O–H groups in total. The van der Waals surface area contributed by atoms with E-state index in [0.717, 1.165) is 26.7 Å². The second kappa shape index (κ2) is 5.80. The lowest BCUT2D eigenvalue weighted by Crippen LogP contribution is -2.00. The van der Waals surface area contributed by atoms with Crippen molar-refractivity contribution in [1.29, 1.82) is 5.26 Å². The number of hydrogen-bond donors (Lipinski definition) is 1. The minimum atomic E-state index is 0.397. The number of anilines is 1. The van der Waals surface area contributed by atoms with Gasteiger partial charge in [0.05, 0.1) is 11.6 Å². The lowest BCUT2D eigenvalue weighted by atomic mass is 10.1. The van der Waals surface area contributed by atoms with E-state index in [4.69, 9.17) is 21.3 Å². The van der Waals surface area contributed by atoms with Gasteiger partial charge in [0.25, 0.3) is 0 Å². The summed E-state index contributed by atoms with van der Waals surface area (Å²) in [6.45, 7) is 0.542. The molecule has 3 rings (SSSR count). The van der Waals surface area contributed by atoms with Crippen molar-refractivity contribution in [2.75, 3.05) is 5.32 Å². The zero-order chi connectivity index (χ0) is 14.8. The summed E-state index contributed by atoms with van der Waals surface area (Å²) in [7, 11) is 0. The van der Waals surface area contributed by atoms with E-state index < -0.39 is 0 Å². The summed E-state index contributed by atoms with van der Waals surface area (Å²) in [5, 5.41) is 13.6. The molecule has 1 aromatic heterocycles. The zero-order valence-corrected chi connectivity index (χ0v) is 13.2. The molecule has 104 valence electrons. The molecular formula is C16H10BrClN2O. The molecule has 0 radical (unpaired) electrons. The van der Waals surface area contributed by atoms with Gasteiger partial charge >= 0.3 is 0 Å². The zero-order valence-electron chi connectivity index (χ0n) is 10.9. The minimum absolute atomic E-state index is 0.397. The van der Waals surface area contributed by atoms with Crippen molar-refractivity contribution in [1.82, 2.24) is 0 Å². The summed E-state index contributed by atoms with van der Waals surface area (Å²) in [5.74, 6) is 0. The molecule has 0 saturated carbocycles. The quantitative estimate of drug-likeness (QED) is 0.685. The van der Waals surface area contributed by atoms with Crippen LogP contribution in [0, 0.1) is 11.3 Å².